The van der Waals surface area contributed by atoms with E-state index >= 15 is 0 Å². The molecule has 19 heavy (non-hydrogen) atoms. The maximum absolute atomic E-state index is 6.18. The van der Waals surface area contributed by atoms with Crippen molar-refractivity contribution in [1.82, 2.24) is 0 Å². The Morgan fingerprint density at radius 2 is 1.95 bits per heavy atom. The van der Waals surface area contributed by atoms with Gasteiger partial charge in [0.25, 0.3) is 0 Å². The zero-order valence-electron chi connectivity index (χ0n) is 11.1. The number of hydrogen-bond donors (Lipinski definition) is 1. The molecule has 3 rings (SSSR count). The molecule has 0 saturated carbocycles. The van der Waals surface area contributed by atoms with Crippen molar-refractivity contribution in [3.8, 4) is 5.75 Å². The molecule has 0 spiro atoms. The van der Waals surface area contributed by atoms with Crippen LogP contribution >= 0.6 is 0 Å². The molecule has 2 N–H and O–H groups in total. The summed E-state index contributed by atoms with van der Waals surface area (Å²) in [5, 5.41) is 0. The van der Waals surface area contributed by atoms with Crippen LogP contribution in [0.2, 0.25) is 0 Å². The quantitative estimate of drug-likeness (QED) is 0.792. The predicted molar refractivity (Wildman–Crippen MR) is 79.2 cm³/mol. The molecule has 0 unspecified atom stereocenters. The second kappa shape index (κ2) is 4.84. The minimum Gasteiger partial charge on any atom is -0.491 e. The van der Waals surface area contributed by atoms with E-state index < -0.39 is 0 Å². The van der Waals surface area contributed by atoms with Gasteiger partial charge in [-0.1, -0.05) is 18.2 Å². The smallest absolute Gasteiger partial charge is 0.142 e. The van der Waals surface area contributed by atoms with E-state index in [1.54, 1.807) is 0 Å². The highest BCUT2D eigenvalue weighted by molar-refractivity contribution is 5.78. The average molecular weight is 254 g/mol. The topological polar surface area (TPSA) is 38.5 Å². The summed E-state index contributed by atoms with van der Waals surface area (Å²) >= 11 is 0. The van der Waals surface area contributed by atoms with Crippen LogP contribution in [-0.2, 0) is 0 Å². The first-order valence-electron chi connectivity index (χ1n) is 6.61. The van der Waals surface area contributed by atoms with Crippen molar-refractivity contribution < 1.29 is 4.74 Å². The molecule has 3 heteroatoms. The van der Waals surface area contributed by atoms with Gasteiger partial charge in [-0.25, -0.2) is 0 Å². The number of nitrogen functional groups attached to an aromatic ring is 1. The molecular weight excluding hydrogens is 236 g/mol. The van der Waals surface area contributed by atoms with Gasteiger partial charge in [-0.3, -0.25) is 0 Å². The Labute approximate surface area is 113 Å². The SMILES string of the molecule is Cc1ccc(N2CCCOc3ccccc32)c(N)c1. The van der Waals surface area contributed by atoms with Crippen molar-refractivity contribution >= 4 is 17.1 Å². The second-order valence-corrected chi connectivity index (χ2v) is 4.88. The Kier molecular flexibility index (Phi) is 3.03. The normalized spacial score (nSPS) is 14.5. The molecule has 0 bridgehead atoms. The molecule has 1 aliphatic rings. The number of para-hydroxylation sites is 2. The standard InChI is InChI=1S/C16H18N2O/c1-12-7-8-14(13(17)11-12)18-9-4-10-19-16-6-3-2-5-15(16)18/h2-3,5-8,11H,4,9-10,17H2,1H3. The van der Waals surface area contributed by atoms with Gasteiger partial charge in [0.15, 0.2) is 0 Å². The average Bonchev–Trinajstić information content (AvgIpc) is 2.61. The number of anilines is 3. The van der Waals surface area contributed by atoms with Gasteiger partial charge in [0.1, 0.15) is 5.75 Å². The third-order valence-corrected chi connectivity index (χ3v) is 3.41. The molecular formula is C16H18N2O. The van der Waals surface area contributed by atoms with Gasteiger partial charge in [0.05, 0.1) is 23.7 Å². The Balaban J connectivity index is 2.09. The van der Waals surface area contributed by atoms with Crippen molar-refractivity contribution in [2.45, 2.75) is 13.3 Å². The zero-order chi connectivity index (χ0) is 13.2. The van der Waals surface area contributed by atoms with Crippen LogP contribution in [0.25, 0.3) is 0 Å². The van der Waals surface area contributed by atoms with Crippen LogP contribution in [0, 0.1) is 6.92 Å². The Bertz CT molecular complexity index is 595. The number of nitrogens with two attached hydrogens (primary N) is 1. The molecule has 0 aromatic heterocycles. The van der Waals surface area contributed by atoms with Crippen molar-refractivity contribution in [3.63, 3.8) is 0 Å². The maximum atomic E-state index is 6.18. The van der Waals surface area contributed by atoms with E-state index in [9.17, 15) is 0 Å². The van der Waals surface area contributed by atoms with E-state index in [2.05, 4.69) is 30.0 Å². The first kappa shape index (κ1) is 11.9. The fourth-order valence-corrected chi connectivity index (χ4v) is 2.50. The molecule has 0 amide bonds. The summed E-state index contributed by atoms with van der Waals surface area (Å²) in [6, 6.07) is 14.3. The summed E-state index contributed by atoms with van der Waals surface area (Å²) in [6.07, 6.45) is 0.988. The highest BCUT2D eigenvalue weighted by Gasteiger charge is 2.18. The minimum absolute atomic E-state index is 0.749. The minimum atomic E-state index is 0.749. The molecule has 0 radical (unpaired) electrons. The summed E-state index contributed by atoms with van der Waals surface area (Å²) in [4.78, 5) is 2.25. The number of ether oxygens (including phenoxy) is 1. The van der Waals surface area contributed by atoms with Gasteiger partial charge in [0, 0.05) is 6.54 Å². The molecule has 0 fully saturated rings. The van der Waals surface area contributed by atoms with Crippen LogP contribution in [-0.4, -0.2) is 13.2 Å². The maximum Gasteiger partial charge on any atom is 0.142 e. The van der Waals surface area contributed by atoms with Crippen LogP contribution in [0.4, 0.5) is 17.1 Å². The highest BCUT2D eigenvalue weighted by atomic mass is 16.5. The lowest BCUT2D eigenvalue weighted by Crippen LogP contribution is -2.18. The number of rotatable bonds is 1. The van der Waals surface area contributed by atoms with E-state index in [1.807, 2.05) is 24.3 Å². The highest BCUT2D eigenvalue weighted by Crippen LogP contribution is 2.38. The van der Waals surface area contributed by atoms with Gasteiger partial charge < -0.3 is 15.4 Å². The number of hydrogen-bond acceptors (Lipinski definition) is 3. The first-order valence-corrected chi connectivity index (χ1v) is 6.61. The van der Waals surface area contributed by atoms with E-state index in [0.717, 1.165) is 42.4 Å². The number of nitrogens with zero attached hydrogens (tertiary/aromatic N) is 1. The van der Waals surface area contributed by atoms with E-state index in [0.29, 0.717) is 0 Å². The lowest BCUT2D eigenvalue weighted by molar-refractivity contribution is 0.322. The van der Waals surface area contributed by atoms with Crippen LogP contribution in [0.3, 0.4) is 0 Å². The molecule has 0 saturated heterocycles. The van der Waals surface area contributed by atoms with Crippen LogP contribution < -0.4 is 15.4 Å². The lowest BCUT2D eigenvalue weighted by Gasteiger charge is -2.25. The summed E-state index contributed by atoms with van der Waals surface area (Å²) in [7, 11) is 0. The van der Waals surface area contributed by atoms with Crippen molar-refractivity contribution in [1.29, 1.82) is 0 Å². The predicted octanol–water partition coefficient (Wildman–Crippen LogP) is 3.50. The van der Waals surface area contributed by atoms with Gasteiger partial charge in [-0.05, 0) is 43.2 Å². The molecule has 1 aliphatic heterocycles. The van der Waals surface area contributed by atoms with E-state index in [-0.39, 0.29) is 0 Å². The van der Waals surface area contributed by atoms with Crippen LogP contribution in [0.15, 0.2) is 42.5 Å². The van der Waals surface area contributed by atoms with Gasteiger partial charge >= 0.3 is 0 Å². The third-order valence-electron chi connectivity index (χ3n) is 3.41. The third kappa shape index (κ3) is 2.24. The zero-order valence-corrected chi connectivity index (χ0v) is 11.1. The Morgan fingerprint density at radius 3 is 2.79 bits per heavy atom. The van der Waals surface area contributed by atoms with Crippen molar-refractivity contribution in [2.24, 2.45) is 0 Å². The molecule has 2 aromatic carbocycles. The molecule has 2 aromatic rings. The van der Waals surface area contributed by atoms with Gasteiger partial charge in [0.2, 0.25) is 0 Å². The molecule has 0 aliphatic carbocycles. The monoisotopic (exact) mass is 254 g/mol. The number of benzene rings is 2. The number of fused-ring (bicyclic) bond motifs is 1. The van der Waals surface area contributed by atoms with Crippen LogP contribution in [0.5, 0.6) is 5.75 Å². The van der Waals surface area contributed by atoms with Gasteiger partial charge in [-0.15, -0.1) is 0 Å². The first-order chi connectivity index (χ1) is 9.25. The summed E-state index contributed by atoms with van der Waals surface area (Å²) in [6.45, 7) is 3.73. The van der Waals surface area contributed by atoms with E-state index in [1.165, 1.54) is 5.56 Å². The molecule has 1 heterocycles. The summed E-state index contributed by atoms with van der Waals surface area (Å²) in [5.41, 5.74) is 10.3. The largest absolute Gasteiger partial charge is 0.491 e. The van der Waals surface area contributed by atoms with Crippen molar-refractivity contribution in [3.05, 3.63) is 48.0 Å². The van der Waals surface area contributed by atoms with Gasteiger partial charge in [-0.2, -0.15) is 0 Å². The Morgan fingerprint density at radius 1 is 1.11 bits per heavy atom. The molecule has 0 atom stereocenters. The summed E-state index contributed by atoms with van der Waals surface area (Å²) in [5.74, 6) is 0.931. The lowest BCUT2D eigenvalue weighted by atomic mass is 10.1. The van der Waals surface area contributed by atoms with Crippen LogP contribution in [0.1, 0.15) is 12.0 Å². The van der Waals surface area contributed by atoms with E-state index in [4.69, 9.17) is 10.5 Å². The van der Waals surface area contributed by atoms with Crippen molar-refractivity contribution in [2.75, 3.05) is 23.8 Å². The fourth-order valence-electron chi connectivity index (χ4n) is 2.50. The summed E-state index contributed by atoms with van der Waals surface area (Å²) < 4.78 is 5.78. The molecule has 98 valence electrons. The second-order valence-electron chi connectivity index (χ2n) is 4.88. The Hall–Kier alpha value is -2.16. The molecule has 3 nitrogen and oxygen atoms in total. The fraction of sp³-hybridized carbons (Fsp3) is 0.250. The number of aryl methyl sites for hydroxylation is 1.